The van der Waals surface area contributed by atoms with E-state index in [2.05, 4.69) is 14.9 Å². The second-order valence-electron chi connectivity index (χ2n) is 5.55. The Bertz CT molecular complexity index is 1070. The fourth-order valence-electron chi connectivity index (χ4n) is 2.20. The predicted octanol–water partition coefficient (Wildman–Crippen LogP) is 3.26. The largest absolute Gasteiger partial charge is 0.482 e. The van der Waals surface area contributed by atoms with E-state index in [0.717, 1.165) is 9.24 Å². The summed E-state index contributed by atoms with van der Waals surface area (Å²) in [5, 5.41) is 16.4. The summed E-state index contributed by atoms with van der Waals surface area (Å²) in [6.07, 6.45) is 0. The molecule has 0 aliphatic heterocycles. The monoisotopic (exact) mass is 437 g/mol. The van der Waals surface area contributed by atoms with Crippen LogP contribution < -0.4 is 9.46 Å². The van der Waals surface area contributed by atoms with Crippen LogP contribution in [-0.2, 0) is 14.8 Å². The molecule has 2 N–H and O–H groups in total. The second-order valence-corrected chi connectivity index (χ2v) is 9.38. The van der Waals surface area contributed by atoms with Gasteiger partial charge in [-0.05, 0) is 55.0 Å². The minimum absolute atomic E-state index is 0.0555. The van der Waals surface area contributed by atoms with E-state index in [1.807, 2.05) is 0 Å². The van der Waals surface area contributed by atoms with Crippen LogP contribution in [0.1, 0.15) is 5.56 Å². The summed E-state index contributed by atoms with van der Waals surface area (Å²) in [5.74, 6) is -0.787. The molecule has 0 fully saturated rings. The summed E-state index contributed by atoms with van der Waals surface area (Å²) in [7, 11) is -3.80. The van der Waals surface area contributed by atoms with Crippen LogP contribution in [0.15, 0.2) is 62.1 Å². The van der Waals surface area contributed by atoms with E-state index < -0.39 is 22.6 Å². The number of carboxylic acids is 1. The third kappa shape index (κ3) is 5.21. The molecule has 0 radical (unpaired) electrons. The zero-order chi connectivity index (χ0) is 20.1. The van der Waals surface area contributed by atoms with Crippen LogP contribution in [0.4, 0.5) is 5.69 Å². The number of benzene rings is 2. The van der Waals surface area contributed by atoms with Crippen LogP contribution in [-0.4, -0.2) is 36.3 Å². The Morgan fingerprint density at radius 3 is 2.61 bits per heavy atom. The summed E-state index contributed by atoms with van der Waals surface area (Å²) in [4.78, 5) is 11.6. The number of aliphatic carboxylic acids is 1. The van der Waals surface area contributed by atoms with Crippen LogP contribution in [0.25, 0.3) is 0 Å². The second kappa shape index (κ2) is 8.59. The molecule has 0 saturated heterocycles. The summed E-state index contributed by atoms with van der Waals surface area (Å²) < 4.78 is 33.6. The number of anilines is 1. The van der Waals surface area contributed by atoms with E-state index in [9.17, 15) is 13.2 Å². The lowest BCUT2D eigenvalue weighted by molar-refractivity contribution is -0.139. The first-order chi connectivity index (χ1) is 13.3. The molecule has 0 aliphatic carbocycles. The van der Waals surface area contributed by atoms with Crippen LogP contribution in [0.2, 0.25) is 0 Å². The molecule has 0 unspecified atom stereocenters. The van der Waals surface area contributed by atoms with Gasteiger partial charge in [-0.15, -0.1) is 10.2 Å². The topological polar surface area (TPSA) is 118 Å². The smallest absolute Gasteiger partial charge is 0.341 e. The van der Waals surface area contributed by atoms with Crippen molar-refractivity contribution >= 4 is 44.8 Å². The lowest BCUT2D eigenvalue weighted by atomic mass is 10.2. The van der Waals surface area contributed by atoms with E-state index in [1.165, 1.54) is 41.3 Å². The fourth-order valence-corrected chi connectivity index (χ4v) is 4.80. The van der Waals surface area contributed by atoms with Gasteiger partial charge in [-0.1, -0.05) is 23.1 Å². The van der Waals surface area contributed by atoms with Gasteiger partial charge in [0.2, 0.25) is 0 Å². The molecule has 146 valence electrons. The van der Waals surface area contributed by atoms with Gasteiger partial charge < -0.3 is 9.84 Å². The number of sulfonamides is 1. The molecule has 1 heterocycles. The average Bonchev–Trinajstić information content (AvgIpc) is 3.15. The molecule has 0 aliphatic rings. The summed E-state index contributed by atoms with van der Waals surface area (Å²) in [5.41, 5.74) is 2.59. The number of ether oxygens (including phenoxy) is 1. The first-order valence-electron chi connectivity index (χ1n) is 7.85. The van der Waals surface area contributed by atoms with E-state index in [4.69, 9.17) is 9.84 Å². The highest BCUT2D eigenvalue weighted by molar-refractivity contribution is 8.01. The maximum absolute atomic E-state index is 12.6. The van der Waals surface area contributed by atoms with Crippen molar-refractivity contribution in [2.75, 3.05) is 11.3 Å². The van der Waals surface area contributed by atoms with Crippen LogP contribution in [0.3, 0.4) is 0 Å². The Labute approximate surface area is 169 Å². The maximum Gasteiger partial charge on any atom is 0.341 e. The van der Waals surface area contributed by atoms with Gasteiger partial charge in [0.15, 0.2) is 10.9 Å². The summed E-state index contributed by atoms with van der Waals surface area (Å²) in [6, 6.07) is 11.1. The molecule has 0 spiro atoms. The van der Waals surface area contributed by atoms with Crippen molar-refractivity contribution in [3.05, 3.63) is 53.5 Å². The molecule has 0 amide bonds. The van der Waals surface area contributed by atoms with Gasteiger partial charge in [0, 0.05) is 10.6 Å². The zero-order valence-electron chi connectivity index (χ0n) is 14.5. The summed E-state index contributed by atoms with van der Waals surface area (Å²) in [6.45, 7) is 1.16. The highest BCUT2D eigenvalue weighted by Gasteiger charge is 2.16. The highest BCUT2D eigenvalue weighted by Crippen LogP contribution is 2.30. The number of carbonyl (C=O) groups is 1. The first kappa shape index (κ1) is 20.1. The molecule has 1 aromatic heterocycles. The van der Waals surface area contributed by atoms with E-state index in [0.29, 0.717) is 17.0 Å². The molecule has 0 bridgehead atoms. The quantitative estimate of drug-likeness (QED) is 0.551. The Hall–Kier alpha value is -2.63. The Morgan fingerprint density at radius 2 is 2.00 bits per heavy atom. The molecular weight excluding hydrogens is 422 g/mol. The minimum Gasteiger partial charge on any atom is -0.482 e. The Kier molecular flexibility index (Phi) is 6.17. The van der Waals surface area contributed by atoms with Gasteiger partial charge in [-0.25, -0.2) is 13.2 Å². The maximum atomic E-state index is 12.6. The van der Waals surface area contributed by atoms with Crippen molar-refractivity contribution in [1.82, 2.24) is 10.2 Å². The third-order valence-electron chi connectivity index (χ3n) is 3.46. The molecule has 11 heteroatoms. The van der Waals surface area contributed by atoms with E-state index in [1.54, 1.807) is 36.7 Å². The lowest BCUT2D eigenvalue weighted by Crippen LogP contribution is -2.14. The number of nitrogens with one attached hydrogen (secondary N) is 1. The molecule has 0 atom stereocenters. The normalized spacial score (nSPS) is 11.2. The number of hydrogen-bond donors (Lipinski definition) is 2. The number of nitrogens with zero attached hydrogens (tertiary/aromatic N) is 2. The SMILES string of the molecule is Cc1cc(S(=O)(=O)Nc2ccc(Sc3nncs3)cc2)ccc1OCC(=O)O. The molecule has 8 nitrogen and oxygen atoms in total. The molecule has 0 saturated carbocycles. The van der Waals surface area contributed by atoms with Crippen molar-refractivity contribution in [3.8, 4) is 5.75 Å². The first-order valence-corrected chi connectivity index (χ1v) is 11.0. The van der Waals surface area contributed by atoms with Crippen molar-refractivity contribution in [3.63, 3.8) is 0 Å². The van der Waals surface area contributed by atoms with Gasteiger partial charge in [0.05, 0.1) is 4.90 Å². The standard InChI is InChI=1S/C17H15N3O5S3/c1-11-8-14(6-7-15(11)25-9-16(21)22)28(23,24)20-12-2-4-13(5-3-12)27-17-19-18-10-26-17/h2-8,10,20H,9H2,1H3,(H,21,22). The van der Waals surface area contributed by atoms with Gasteiger partial charge in [0.1, 0.15) is 11.3 Å². The fraction of sp³-hybridized carbons (Fsp3) is 0.118. The predicted molar refractivity (Wildman–Crippen MR) is 106 cm³/mol. The minimum atomic E-state index is -3.80. The third-order valence-corrected chi connectivity index (χ3v) is 6.62. The van der Waals surface area contributed by atoms with Crippen LogP contribution in [0, 0.1) is 6.92 Å². The molecule has 28 heavy (non-hydrogen) atoms. The van der Waals surface area contributed by atoms with Crippen molar-refractivity contribution in [2.24, 2.45) is 0 Å². The van der Waals surface area contributed by atoms with Crippen LogP contribution in [0.5, 0.6) is 5.75 Å². The Morgan fingerprint density at radius 1 is 1.25 bits per heavy atom. The van der Waals surface area contributed by atoms with Crippen molar-refractivity contribution in [1.29, 1.82) is 0 Å². The number of carboxylic acid groups (broad SMARTS) is 1. The Balaban J connectivity index is 1.70. The van der Waals surface area contributed by atoms with Gasteiger partial charge >= 0.3 is 5.97 Å². The number of aromatic nitrogens is 2. The van der Waals surface area contributed by atoms with Gasteiger partial charge in [0.25, 0.3) is 10.0 Å². The van der Waals surface area contributed by atoms with Gasteiger partial charge in [-0.3, -0.25) is 4.72 Å². The molecule has 3 rings (SSSR count). The molecule has 3 aromatic rings. The summed E-state index contributed by atoms with van der Waals surface area (Å²) >= 11 is 2.86. The molecular formula is C17H15N3O5S3. The lowest BCUT2D eigenvalue weighted by Gasteiger charge is -2.11. The molecule has 2 aromatic carbocycles. The zero-order valence-corrected chi connectivity index (χ0v) is 17.0. The van der Waals surface area contributed by atoms with Crippen molar-refractivity contribution < 1.29 is 23.1 Å². The van der Waals surface area contributed by atoms with Crippen molar-refractivity contribution in [2.45, 2.75) is 21.1 Å². The number of rotatable bonds is 8. The number of hydrogen-bond acceptors (Lipinski definition) is 8. The van der Waals surface area contributed by atoms with E-state index in [-0.39, 0.29) is 4.90 Å². The number of aryl methyl sites for hydroxylation is 1. The average molecular weight is 438 g/mol. The van der Waals surface area contributed by atoms with E-state index >= 15 is 0 Å². The van der Waals surface area contributed by atoms with Crippen LogP contribution >= 0.6 is 23.1 Å². The van der Waals surface area contributed by atoms with Gasteiger partial charge in [-0.2, -0.15) is 0 Å². The highest BCUT2D eigenvalue weighted by atomic mass is 32.2.